The van der Waals surface area contributed by atoms with Crippen molar-refractivity contribution in [3.8, 4) is 0 Å². The zero-order valence-electron chi connectivity index (χ0n) is 14.7. The van der Waals surface area contributed by atoms with E-state index in [0.29, 0.717) is 0 Å². The fraction of sp³-hybridized carbons (Fsp3) is 0.350. The highest BCUT2D eigenvalue weighted by atomic mass is 31.1. The predicted molar refractivity (Wildman–Crippen MR) is 106 cm³/mol. The third-order valence-electron chi connectivity index (χ3n) is 3.51. The smallest absolute Gasteiger partial charge is 0.0389 e. The highest BCUT2D eigenvalue weighted by molar-refractivity contribution is 7.42. The van der Waals surface area contributed by atoms with E-state index in [-0.39, 0.29) is 0 Å². The molecule has 0 spiro atoms. The van der Waals surface area contributed by atoms with Crippen molar-refractivity contribution in [2.45, 2.75) is 34.1 Å². The van der Waals surface area contributed by atoms with Crippen LogP contribution in [-0.2, 0) is 0 Å². The molecule has 22 heavy (non-hydrogen) atoms. The zero-order chi connectivity index (χ0) is 17.1. The molecule has 0 bridgehead atoms. The van der Waals surface area contributed by atoms with Crippen molar-refractivity contribution < 1.29 is 0 Å². The van der Waals surface area contributed by atoms with E-state index >= 15 is 0 Å². The monoisotopic (exact) mass is 315 g/mol. The minimum absolute atomic E-state index is 0.770. The summed E-state index contributed by atoms with van der Waals surface area (Å²) in [7, 11) is 1.04. The lowest BCUT2D eigenvalue weighted by Gasteiger charge is -2.27. The summed E-state index contributed by atoms with van der Waals surface area (Å²) in [5.74, 6) is 0. The Hall–Kier alpha value is -1.59. The second-order valence-electron chi connectivity index (χ2n) is 5.12. The van der Waals surface area contributed by atoms with Crippen LogP contribution in [0.4, 0.5) is 0 Å². The van der Waals surface area contributed by atoms with Crippen molar-refractivity contribution in [3.05, 3.63) is 71.8 Å². The van der Waals surface area contributed by atoms with E-state index in [1.165, 1.54) is 16.5 Å². The van der Waals surface area contributed by atoms with Crippen LogP contribution in [0.1, 0.15) is 34.1 Å². The van der Waals surface area contributed by atoms with Gasteiger partial charge in [-0.3, -0.25) is 0 Å². The number of allylic oxidation sites excluding steroid dienone is 5. The molecular weight excluding hydrogens is 285 g/mol. The van der Waals surface area contributed by atoms with E-state index in [0.717, 1.165) is 39.0 Å². The van der Waals surface area contributed by atoms with Crippen LogP contribution in [0.25, 0.3) is 0 Å². The van der Waals surface area contributed by atoms with Gasteiger partial charge in [0.05, 0.1) is 0 Å². The second kappa shape index (κ2) is 11.0. The lowest BCUT2D eigenvalue weighted by molar-refractivity contribution is 0.419. The van der Waals surface area contributed by atoms with E-state index in [1.54, 1.807) is 0 Å². The van der Waals surface area contributed by atoms with Crippen LogP contribution in [0.15, 0.2) is 71.8 Å². The quantitative estimate of drug-likeness (QED) is 0.266. The number of nitrogens with zero attached hydrogens (tertiary/aromatic N) is 1. The summed E-state index contributed by atoms with van der Waals surface area (Å²) >= 11 is 0. The van der Waals surface area contributed by atoms with Gasteiger partial charge in [-0.1, -0.05) is 58.4 Å². The molecule has 0 rings (SSSR count). The van der Waals surface area contributed by atoms with Gasteiger partial charge in [0.2, 0.25) is 0 Å². The van der Waals surface area contributed by atoms with Gasteiger partial charge in [0.15, 0.2) is 0 Å². The summed E-state index contributed by atoms with van der Waals surface area (Å²) in [5, 5.41) is 1.24. The molecule has 0 aliphatic carbocycles. The summed E-state index contributed by atoms with van der Waals surface area (Å²) in [4.78, 5) is 2.22. The summed E-state index contributed by atoms with van der Waals surface area (Å²) in [5.41, 5.74) is 4.56. The molecule has 0 radical (unpaired) electrons. The van der Waals surface area contributed by atoms with Crippen molar-refractivity contribution in [2.24, 2.45) is 0 Å². The average Bonchev–Trinajstić information content (AvgIpc) is 2.52. The predicted octanol–water partition coefficient (Wildman–Crippen LogP) is 6.13. The molecule has 0 aliphatic rings. The van der Waals surface area contributed by atoms with E-state index in [2.05, 4.69) is 63.0 Å². The number of hydrogen-bond acceptors (Lipinski definition) is 1. The van der Waals surface area contributed by atoms with Crippen molar-refractivity contribution >= 4 is 14.5 Å². The van der Waals surface area contributed by atoms with E-state index in [4.69, 9.17) is 0 Å². The largest absolute Gasteiger partial charge is 0.364 e. The van der Waals surface area contributed by atoms with E-state index in [1.807, 2.05) is 19.9 Å². The molecule has 0 aromatic heterocycles. The molecule has 0 unspecified atom stereocenters. The Morgan fingerprint density at radius 2 is 1.82 bits per heavy atom. The second-order valence-corrected chi connectivity index (χ2v) is 5.92. The maximum atomic E-state index is 4.28. The van der Waals surface area contributed by atoms with Crippen molar-refractivity contribution in [3.63, 3.8) is 0 Å². The molecule has 0 aromatic rings. The Morgan fingerprint density at radius 1 is 1.18 bits per heavy atom. The molecule has 0 fully saturated rings. The molecule has 0 atom stereocenters. The summed E-state index contributed by atoms with van der Waals surface area (Å²) in [6.45, 7) is 22.2. The standard InChI is InChI=1S/C20H30NP/c1-9-13-21(15-16(5)10-2)18(7)19(11-3)14-17(6)20(12-4)22-8/h9,11-12,14H,1,5,7-8,10,13,15H2,2-4,6H3/b17-14-,19-11?,20-12+. The average molecular weight is 315 g/mol. The maximum Gasteiger partial charge on any atom is 0.0389 e. The highest BCUT2D eigenvalue weighted by Crippen LogP contribution is 2.25. The first-order chi connectivity index (χ1) is 10.4. The summed E-state index contributed by atoms with van der Waals surface area (Å²) in [6, 6.07) is 0. The van der Waals surface area contributed by atoms with Crippen molar-refractivity contribution in [2.75, 3.05) is 13.1 Å². The molecular formula is C20H30NP. The Labute approximate surface area is 138 Å². The van der Waals surface area contributed by atoms with Gasteiger partial charge in [-0.15, -0.1) is 6.58 Å². The number of rotatable bonds is 10. The van der Waals surface area contributed by atoms with Crippen LogP contribution < -0.4 is 0 Å². The van der Waals surface area contributed by atoms with Crippen molar-refractivity contribution in [1.29, 1.82) is 0 Å². The fourth-order valence-electron chi connectivity index (χ4n) is 2.07. The van der Waals surface area contributed by atoms with Crippen LogP contribution in [0, 0.1) is 0 Å². The Morgan fingerprint density at radius 3 is 2.23 bits per heavy atom. The SMILES string of the molecule is C=CCN(CC(=C)CC)C(=C)C(=CC)/C=C(C)\C(=C/C)P=C. The van der Waals surface area contributed by atoms with Crippen LogP contribution in [0.2, 0.25) is 0 Å². The van der Waals surface area contributed by atoms with Gasteiger partial charge < -0.3 is 4.90 Å². The van der Waals surface area contributed by atoms with Crippen LogP contribution >= 0.6 is 8.20 Å². The lowest BCUT2D eigenvalue weighted by Crippen LogP contribution is -2.25. The highest BCUT2D eigenvalue weighted by Gasteiger charge is 2.10. The minimum Gasteiger partial charge on any atom is -0.364 e. The molecule has 0 aromatic carbocycles. The van der Waals surface area contributed by atoms with Gasteiger partial charge in [0, 0.05) is 18.8 Å². The molecule has 1 nitrogen and oxygen atoms in total. The topological polar surface area (TPSA) is 3.24 Å². The molecule has 0 amide bonds. The summed E-state index contributed by atoms with van der Waals surface area (Å²) < 4.78 is 0. The molecule has 0 saturated heterocycles. The summed E-state index contributed by atoms with van der Waals surface area (Å²) in [6.07, 6.45) is 13.2. The fourth-order valence-corrected chi connectivity index (χ4v) is 2.57. The number of hydrogen-bond donors (Lipinski definition) is 0. The molecule has 120 valence electrons. The van der Waals surface area contributed by atoms with Gasteiger partial charge in [-0.25, -0.2) is 0 Å². The molecule has 0 saturated carbocycles. The first kappa shape index (κ1) is 20.4. The molecule has 0 aliphatic heterocycles. The van der Waals surface area contributed by atoms with Gasteiger partial charge in [0.25, 0.3) is 0 Å². The minimum atomic E-state index is 0.770. The Kier molecular flexibility index (Phi) is 10.2. The zero-order valence-corrected chi connectivity index (χ0v) is 15.5. The van der Waals surface area contributed by atoms with Gasteiger partial charge >= 0.3 is 0 Å². The molecule has 2 heteroatoms. The maximum absolute atomic E-state index is 4.28. The first-order valence-electron chi connectivity index (χ1n) is 7.64. The third-order valence-corrected chi connectivity index (χ3v) is 4.46. The van der Waals surface area contributed by atoms with Gasteiger partial charge in [-0.2, -0.15) is 0 Å². The lowest BCUT2D eigenvalue weighted by atomic mass is 10.1. The Balaban J connectivity index is 5.40. The Bertz CT molecular complexity index is 518. The van der Waals surface area contributed by atoms with Crippen LogP contribution in [0.5, 0.6) is 0 Å². The van der Waals surface area contributed by atoms with E-state index in [9.17, 15) is 0 Å². The van der Waals surface area contributed by atoms with Crippen LogP contribution in [-0.4, -0.2) is 24.3 Å². The van der Waals surface area contributed by atoms with Gasteiger partial charge in [0.1, 0.15) is 0 Å². The van der Waals surface area contributed by atoms with E-state index < -0.39 is 0 Å². The third kappa shape index (κ3) is 6.45. The molecule has 0 N–H and O–H groups in total. The van der Waals surface area contributed by atoms with Crippen molar-refractivity contribution in [1.82, 2.24) is 4.90 Å². The normalized spacial score (nSPS) is 13.2. The molecule has 0 heterocycles. The van der Waals surface area contributed by atoms with Crippen LogP contribution in [0.3, 0.4) is 0 Å². The van der Waals surface area contributed by atoms with Gasteiger partial charge in [-0.05, 0) is 49.7 Å². The first-order valence-corrected chi connectivity index (χ1v) is 8.72.